The SMILES string of the molecule is CC(=O)N(Cc1ccccc1)C[C@@H](O)C(Cc1ccccc1)NC(=O)OCC1=CCCC=C1. The number of hydrogen-bond donors (Lipinski definition) is 2. The van der Waals surface area contributed by atoms with E-state index in [9.17, 15) is 14.7 Å². The second-order valence-electron chi connectivity index (χ2n) is 8.23. The summed E-state index contributed by atoms with van der Waals surface area (Å²) in [5.41, 5.74) is 2.90. The number of allylic oxidation sites excluding steroid dienone is 2. The van der Waals surface area contributed by atoms with Crippen LogP contribution in [0.15, 0.2) is 84.5 Å². The Morgan fingerprint density at radius 1 is 1.03 bits per heavy atom. The molecule has 0 heterocycles. The summed E-state index contributed by atoms with van der Waals surface area (Å²) < 4.78 is 5.39. The highest BCUT2D eigenvalue weighted by Gasteiger charge is 2.26. The number of carbonyl (C=O) groups is 2. The summed E-state index contributed by atoms with van der Waals surface area (Å²) in [6, 6.07) is 18.6. The first-order valence-electron chi connectivity index (χ1n) is 11.3. The predicted octanol–water partition coefficient (Wildman–Crippen LogP) is 4.01. The summed E-state index contributed by atoms with van der Waals surface area (Å²) in [7, 11) is 0. The Balaban J connectivity index is 1.66. The molecule has 1 aliphatic rings. The van der Waals surface area contributed by atoms with Crippen molar-refractivity contribution in [3.63, 3.8) is 0 Å². The Morgan fingerprint density at radius 3 is 2.30 bits per heavy atom. The lowest BCUT2D eigenvalue weighted by molar-refractivity contribution is -0.131. The number of alkyl carbamates (subject to hydrolysis) is 1. The molecule has 0 fully saturated rings. The molecule has 2 amide bonds. The van der Waals surface area contributed by atoms with Gasteiger partial charge in [-0.3, -0.25) is 4.79 Å². The van der Waals surface area contributed by atoms with Gasteiger partial charge in [0.15, 0.2) is 0 Å². The molecule has 0 aromatic heterocycles. The van der Waals surface area contributed by atoms with Gasteiger partial charge in [-0.1, -0.05) is 78.9 Å². The van der Waals surface area contributed by atoms with E-state index in [4.69, 9.17) is 4.74 Å². The monoisotopic (exact) mass is 448 g/mol. The highest BCUT2D eigenvalue weighted by atomic mass is 16.5. The Hall–Kier alpha value is -3.38. The van der Waals surface area contributed by atoms with Gasteiger partial charge in [-0.15, -0.1) is 0 Å². The van der Waals surface area contributed by atoms with E-state index in [1.54, 1.807) is 4.90 Å². The van der Waals surface area contributed by atoms with E-state index in [0.29, 0.717) is 13.0 Å². The van der Waals surface area contributed by atoms with E-state index >= 15 is 0 Å². The molecule has 33 heavy (non-hydrogen) atoms. The number of aliphatic hydroxyl groups excluding tert-OH is 1. The number of ether oxygens (including phenoxy) is 1. The molecule has 2 aromatic carbocycles. The first-order valence-corrected chi connectivity index (χ1v) is 11.3. The molecule has 0 spiro atoms. The molecule has 6 heteroatoms. The molecule has 2 atom stereocenters. The molecule has 6 nitrogen and oxygen atoms in total. The molecule has 2 N–H and O–H groups in total. The van der Waals surface area contributed by atoms with Crippen molar-refractivity contribution in [3.05, 3.63) is 95.6 Å². The number of carbonyl (C=O) groups excluding carboxylic acids is 2. The average molecular weight is 449 g/mol. The second-order valence-corrected chi connectivity index (χ2v) is 8.23. The number of nitrogens with one attached hydrogen (secondary N) is 1. The third-order valence-electron chi connectivity index (χ3n) is 5.58. The minimum atomic E-state index is -0.973. The zero-order chi connectivity index (χ0) is 23.5. The van der Waals surface area contributed by atoms with Crippen LogP contribution in [0.4, 0.5) is 4.79 Å². The quantitative estimate of drug-likeness (QED) is 0.576. The Morgan fingerprint density at radius 2 is 1.70 bits per heavy atom. The van der Waals surface area contributed by atoms with E-state index in [1.807, 2.05) is 66.7 Å². The van der Waals surface area contributed by atoms with Gasteiger partial charge in [0.1, 0.15) is 6.61 Å². The van der Waals surface area contributed by atoms with Gasteiger partial charge in [0.25, 0.3) is 0 Å². The van der Waals surface area contributed by atoms with E-state index in [2.05, 4.69) is 17.5 Å². The predicted molar refractivity (Wildman–Crippen MR) is 128 cm³/mol. The van der Waals surface area contributed by atoms with Crippen LogP contribution in [0.3, 0.4) is 0 Å². The molecule has 0 aliphatic heterocycles. The fourth-order valence-corrected chi connectivity index (χ4v) is 3.73. The highest BCUT2D eigenvalue weighted by Crippen LogP contribution is 2.13. The summed E-state index contributed by atoms with van der Waals surface area (Å²) in [5, 5.41) is 13.9. The molecule has 3 rings (SSSR count). The molecule has 0 radical (unpaired) electrons. The number of amides is 2. The maximum Gasteiger partial charge on any atom is 0.407 e. The van der Waals surface area contributed by atoms with E-state index < -0.39 is 18.2 Å². The minimum Gasteiger partial charge on any atom is -0.445 e. The zero-order valence-corrected chi connectivity index (χ0v) is 19.0. The fraction of sp³-hybridized carbons (Fsp3) is 0.333. The van der Waals surface area contributed by atoms with Gasteiger partial charge in [0.05, 0.1) is 12.1 Å². The van der Waals surface area contributed by atoms with Gasteiger partial charge >= 0.3 is 6.09 Å². The van der Waals surface area contributed by atoms with Gasteiger partial charge in [-0.05, 0) is 36.0 Å². The normalized spacial score (nSPS) is 14.7. The number of aliphatic hydroxyl groups is 1. The molecular weight excluding hydrogens is 416 g/mol. The van der Waals surface area contributed by atoms with Crippen molar-refractivity contribution in [2.45, 2.75) is 44.9 Å². The third kappa shape index (κ3) is 8.24. The van der Waals surface area contributed by atoms with Crippen LogP contribution in [0.5, 0.6) is 0 Å². The molecule has 174 valence electrons. The number of benzene rings is 2. The molecule has 2 aromatic rings. The standard InChI is InChI=1S/C27H32N2O4/c1-21(30)29(18-23-13-7-3-8-14-23)19-26(31)25(17-22-11-5-2-6-12-22)28-27(32)33-20-24-15-9-4-10-16-24/h2-3,5-9,11-16,25-26,31H,4,10,17-20H2,1H3,(H,28,32)/t25?,26-/m1/s1. The van der Waals surface area contributed by atoms with Crippen molar-refractivity contribution in [3.8, 4) is 0 Å². The van der Waals surface area contributed by atoms with Gasteiger partial charge in [-0.25, -0.2) is 4.79 Å². The third-order valence-corrected chi connectivity index (χ3v) is 5.58. The van der Waals surface area contributed by atoms with Gasteiger partial charge in [0.2, 0.25) is 5.91 Å². The summed E-state index contributed by atoms with van der Waals surface area (Å²) in [6.07, 6.45) is 6.86. The van der Waals surface area contributed by atoms with E-state index in [0.717, 1.165) is 29.5 Å². The van der Waals surface area contributed by atoms with Gasteiger partial charge in [0, 0.05) is 20.0 Å². The van der Waals surface area contributed by atoms with Crippen LogP contribution in [-0.4, -0.2) is 47.3 Å². The fourth-order valence-electron chi connectivity index (χ4n) is 3.73. The van der Waals surface area contributed by atoms with Crippen LogP contribution in [0.25, 0.3) is 0 Å². The number of nitrogens with zero attached hydrogens (tertiary/aromatic N) is 1. The zero-order valence-electron chi connectivity index (χ0n) is 19.0. The smallest absolute Gasteiger partial charge is 0.407 e. The van der Waals surface area contributed by atoms with Crippen LogP contribution < -0.4 is 5.32 Å². The molecule has 0 saturated heterocycles. The summed E-state index contributed by atoms with van der Waals surface area (Å²) >= 11 is 0. The Bertz CT molecular complexity index is 957. The maximum absolute atomic E-state index is 12.5. The lowest BCUT2D eigenvalue weighted by Gasteiger charge is -2.29. The van der Waals surface area contributed by atoms with Crippen LogP contribution in [0.2, 0.25) is 0 Å². The minimum absolute atomic E-state index is 0.0932. The molecule has 0 saturated carbocycles. The number of hydrogen-bond acceptors (Lipinski definition) is 4. The van der Waals surface area contributed by atoms with E-state index in [1.165, 1.54) is 6.92 Å². The van der Waals surface area contributed by atoms with Crippen molar-refractivity contribution in [1.29, 1.82) is 0 Å². The lowest BCUT2D eigenvalue weighted by Crippen LogP contribution is -2.50. The van der Waals surface area contributed by atoms with Crippen LogP contribution in [-0.2, 0) is 22.5 Å². The maximum atomic E-state index is 12.5. The molecule has 1 unspecified atom stereocenters. The topological polar surface area (TPSA) is 78.9 Å². The van der Waals surface area contributed by atoms with Crippen molar-refractivity contribution >= 4 is 12.0 Å². The summed E-state index contributed by atoms with van der Waals surface area (Å²) in [6.45, 7) is 2.14. The summed E-state index contributed by atoms with van der Waals surface area (Å²) in [5.74, 6) is -0.144. The van der Waals surface area contributed by atoms with Crippen molar-refractivity contribution in [2.75, 3.05) is 13.2 Å². The van der Waals surface area contributed by atoms with Gasteiger partial charge < -0.3 is 20.1 Å². The Labute approximate surface area is 195 Å². The summed E-state index contributed by atoms with van der Waals surface area (Å²) in [4.78, 5) is 26.4. The van der Waals surface area contributed by atoms with E-state index in [-0.39, 0.29) is 19.1 Å². The van der Waals surface area contributed by atoms with Crippen molar-refractivity contribution < 1.29 is 19.4 Å². The highest BCUT2D eigenvalue weighted by molar-refractivity contribution is 5.73. The Kier molecular flexibility index (Phi) is 9.27. The van der Waals surface area contributed by atoms with Gasteiger partial charge in [-0.2, -0.15) is 0 Å². The van der Waals surface area contributed by atoms with Crippen molar-refractivity contribution in [2.24, 2.45) is 0 Å². The first kappa shape index (κ1) is 24.3. The molecule has 0 bridgehead atoms. The van der Waals surface area contributed by atoms with Crippen LogP contribution in [0, 0.1) is 0 Å². The first-order chi connectivity index (χ1) is 16.0. The largest absolute Gasteiger partial charge is 0.445 e. The molecule has 1 aliphatic carbocycles. The second kappa shape index (κ2) is 12.6. The van der Waals surface area contributed by atoms with Crippen LogP contribution in [0.1, 0.15) is 30.9 Å². The van der Waals surface area contributed by atoms with Crippen LogP contribution >= 0.6 is 0 Å². The number of rotatable bonds is 10. The molecular formula is C27H32N2O4. The van der Waals surface area contributed by atoms with Crippen molar-refractivity contribution in [1.82, 2.24) is 10.2 Å². The lowest BCUT2D eigenvalue weighted by atomic mass is 10.0. The average Bonchev–Trinajstić information content (AvgIpc) is 2.84.